The zero-order valence-corrected chi connectivity index (χ0v) is 8.34. The van der Waals surface area contributed by atoms with Crippen LogP contribution in [0, 0.1) is 6.92 Å². The molecule has 0 saturated carbocycles. The molecule has 0 radical (unpaired) electrons. The largest absolute Gasteiger partial charge is 0.365 e. The van der Waals surface area contributed by atoms with Gasteiger partial charge in [-0.15, -0.1) is 0 Å². The molecule has 14 heavy (non-hydrogen) atoms. The summed E-state index contributed by atoms with van der Waals surface area (Å²) >= 11 is 0. The molecule has 1 saturated heterocycles. The van der Waals surface area contributed by atoms with Crippen LogP contribution in [-0.2, 0) is 0 Å². The first-order valence-electron chi connectivity index (χ1n) is 4.85. The first kappa shape index (κ1) is 9.48. The lowest BCUT2D eigenvalue weighted by molar-refractivity contribution is 0.398. The Morgan fingerprint density at radius 2 is 2.64 bits per heavy atom. The van der Waals surface area contributed by atoms with Gasteiger partial charge in [0.15, 0.2) is 5.82 Å². The predicted octanol–water partition coefficient (Wildman–Crippen LogP) is 0.0857. The van der Waals surface area contributed by atoms with E-state index in [0.29, 0.717) is 0 Å². The maximum absolute atomic E-state index is 6.13. The van der Waals surface area contributed by atoms with Gasteiger partial charge in [0.2, 0.25) is 0 Å². The highest BCUT2D eigenvalue weighted by molar-refractivity contribution is 5.34. The Balaban J connectivity index is 1.87. The van der Waals surface area contributed by atoms with Gasteiger partial charge in [-0.1, -0.05) is 5.16 Å². The molecular formula is C9H16N4O. The van der Waals surface area contributed by atoms with E-state index in [1.807, 2.05) is 13.0 Å². The predicted molar refractivity (Wildman–Crippen MR) is 54.1 cm³/mol. The minimum Gasteiger partial charge on any atom is -0.365 e. The van der Waals surface area contributed by atoms with Gasteiger partial charge in [0, 0.05) is 24.7 Å². The van der Waals surface area contributed by atoms with Crippen molar-refractivity contribution in [2.75, 3.05) is 25.0 Å². The average Bonchev–Trinajstić information content (AvgIpc) is 2.73. The first-order valence-corrected chi connectivity index (χ1v) is 4.85. The third-order valence-electron chi connectivity index (χ3n) is 2.53. The fourth-order valence-corrected chi connectivity index (χ4v) is 1.63. The van der Waals surface area contributed by atoms with Gasteiger partial charge in [-0.25, -0.2) is 0 Å². The van der Waals surface area contributed by atoms with E-state index < -0.39 is 0 Å². The molecule has 1 aromatic rings. The van der Waals surface area contributed by atoms with E-state index in [2.05, 4.69) is 15.8 Å². The molecule has 2 heterocycles. The van der Waals surface area contributed by atoms with Crippen molar-refractivity contribution in [3.63, 3.8) is 0 Å². The maximum Gasteiger partial charge on any atom is 0.169 e. The molecule has 1 fully saturated rings. The molecule has 4 N–H and O–H groups in total. The van der Waals surface area contributed by atoms with Gasteiger partial charge in [0.05, 0.1) is 0 Å². The number of hydrogen-bond acceptors (Lipinski definition) is 5. The molecule has 5 nitrogen and oxygen atoms in total. The second-order valence-electron chi connectivity index (χ2n) is 3.97. The lowest BCUT2D eigenvalue weighted by Crippen LogP contribution is -2.48. The summed E-state index contributed by atoms with van der Waals surface area (Å²) in [5.74, 6) is 1.57. The number of nitrogens with two attached hydrogens (primary N) is 1. The van der Waals surface area contributed by atoms with Crippen LogP contribution in [0.2, 0.25) is 0 Å². The summed E-state index contributed by atoms with van der Waals surface area (Å²) in [6.07, 6.45) is 0.997. The molecule has 78 valence electrons. The fraction of sp³-hybridized carbons (Fsp3) is 0.667. The molecular weight excluding hydrogens is 180 g/mol. The van der Waals surface area contributed by atoms with Crippen molar-refractivity contribution >= 4 is 5.82 Å². The van der Waals surface area contributed by atoms with Gasteiger partial charge in [-0.3, -0.25) is 0 Å². The van der Waals surface area contributed by atoms with E-state index >= 15 is 0 Å². The summed E-state index contributed by atoms with van der Waals surface area (Å²) in [6.45, 7) is 4.45. The molecule has 0 spiro atoms. The quantitative estimate of drug-likeness (QED) is 0.638. The number of anilines is 1. The lowest BCUT2D eigenvalue weighted by atomic mass is 10.0. The van der Waals surface area contributed by atoms with Crippen LogP contribution in [0.25, 0.3) is 0 Å². The Bertz CT molecular complexity index is 304. The smallest absolute Gasteiger partial charge is 0.169 e. The monoisotopic (exact) mass is 196 g/mol. The SMILES string of the molecule is Cc1cc(NCC2(N)CCNC2)no1. The van der Waals surface area contributed by atoms with Gasteiger partial charge >= 0.3 is 0 Å². The van der Waals surface area contributed by atoms with Crippen molar-refractivity contribution in [3.8, 4) is 0 Å². The van der Waals surface area contributed by atoms with Gasteiger partial charge in [-0.05, 0) is 19.9 Å². The minimum absolute atomic E-state index is 0.146. The van der Waals surface area contributed by atoms with Crippen molar-refractivity contribution < 1.29 is 4.52 Å². The van der Waals surface area contributed by atoms with E-state index in [4.69, 9.17) is 10.3 Å². The molecule has 0 aliphatic carbocycles. The minimum atomic E-state index is -0.146. The Kier molecular flexibility index (Phi) is 2.43. The zero-order valence-electron chi connectivity index (χ0n) is 8.34. The van der Waals surface area contributed by atoms with Crippen molar-refractivity contribution in [2.45, 2.75) is 18.9 Å². The third-order valence-corrected chi connectivity index (χ3v) is 2.53. The van der Waals surface area contributed by atoms with Crippen molar-refractivity contribution in [3.05, 3.63) is 11.8 Å². The van der Waals surface area contributed by atoms with Crippen LogP contribution in [0.3, 0.4) is 0 Å². The average molecular weight is 196 g/mol. The highest BCUT2D eigenvalue weighted by Crippen LogP contribution is 2.13. The lowest BCUT2D eigenvalue weighted by Gasteiger charge is -2.22. The van der Waals surface area contributed by atoms with Crippen LogP contribution in [0.15, 0.2) is 10.6 Å². The molecule has 5 heteroatoms. The normalized spacial score (nSPS) is 26.7. The maximum atomic E-state index is 6.13. The Morgan fingerprint density at radius 1 is 1.79 bits per heavy atom. The number of rotatable bonds is 3. The van der Waals surface area contributed by atoms with Crippen LogP contribution in [0.1, 0.15) is 12.2 Å². The number of hydrogen-bond donors (Lipinski definition) is 3. The molecule has 0 aromatic carbocycles. The van der Waals surface area contributed by atoms with Gasteiger partial charge in [0.1, 0.15) is 5.76 Å². The van der Waals surface area contributed by atoms with Gasteiger partial charge in [0.25, 0.3) is 0 Å². The molecule has 0 bridgehead atoms. The third kappa shape index (κ3) is 2.05. The van der Waals surface area contributed by atoms with E-state index in [1.54, 1.807) is 0 Å². The molecule has 1 atom stereocenters. The number of nitrogens with one attached hydrogen (secondary N) is 2. The van der Waals surface area contributed by atoms with Crippen LogP contribution < -0.4 is 16.4 Å². The summed E-state index contributed by atoms with van der Waals surface area (Å²) in [7, 11) is 0. The summed E-state index contributed by atoms with van der Waals surface area (Å²) < 4.78 is 4.94. The van der Waals surface area contributed by atoms with E-state index in [1.165, 1.54) is 0 Å². The summed E-state index contributed by atoms with van der Waals surface area (Å²) in [6, 6.07) is 1.87. The van der Waals surface area contributed by atoms with Crippen LogP contribution >= 0.6 is 0 Å². The standard InChI is InChI=1S/C9H16N4O/c1-7-4-8(13-14-7)12-6-9(10)2-3-11-5-9/h4,11H,2-3,5-6,10H2,1H3,(H,12,13). The van der Waals surface area contributed by atoms with Gasteiger partial charge in [-0.2, -0.15) is 0 Å². The van der Waals surface area contributed by atoms with Crippen molar-refractivity contribution in [1.82, 2.24) is 10.5 Å². The first-order chi connectivity index (χ1) is 6.68. The molecule has 1 aliphatic heterocycles. The van der Waals surface area contributed by atoms with Gasteiger partial charge < -0.3 is 20.9 Å². The van der Waals surface area contributed by atoms with E-state index in [-0.39, 0.29) is 5.54 Å². The molecule has 1 unspecified atom stereocenters. The van der Waals surface area contributed by atoms with Crippen molar-refractivity contribution in [1.29, 1.82) is 0 Å². The topological polar surface area (TPSA) is 76.1 Å². The van der Waals surface area contributed by atoms with Crippen molar-refractivity contribution in [2.24, 2.45) is 5.73 Å². The summed E-state index contributed by atoms with van der Waals surface area (Å²) in [5.41, 5.74) is 5.98. The van der Waals surface area contributed by atoms with Crippen LogP contribution in [0.5, 0.6) is 0 Å². The highest BCUT2D eigenvalue weighted by Gasteiger charge is 2.28. The molecule has 0 amide bonds. The second kappa shape index (κ2) is 3.59. The van der Waals surface area contributed by atoms with Crippen LogP contribution in [-0.4, -0.2) is 30.3 Å². The Morgan fingerprint density at radius 3 is 3.21 bits per heavy atom. The molecule has 1 aliphatic rings. The van der Waals surface area contributed by atoms with E-state index in [9.17, 15) is 0 Å². The fourth-order valence-electron chi connectivity index (χ4n) is 1.63. The molecule has 2 rings (SSSR count). The number of aryl methyl sites for hydroxylation is 1. The molecule has 1 aromatic heterocycles. The Labute approximate surface area is 83.0 Å². The second-order valence-corrected chi connectivity index (χ2v) is 3.97. The zero-order chi connectivity index (χ0) is 10.0. The Hall–Kier alpha value is -1.07. The number of aromatic nitrogens is 1. The van der Waals surface area contributed by atoms with Crippen LogP contribution in [0.4, 0.5) is 5.82 Å². The van der Waals surface area contributed by atoms with E-state index in [0.717, 1.165) is 37.6 Å². The number of nitrogens with zero attached hydrogens (tertiary/aromatic N) is 1. The summed E-state index contributed by atoms with van der Waals surface area (Å²) in [4.78, 5) is 0. The highest BCUT2D eigenvalue weighted by atomic mass is 16.5. The summed E-state index contributed by atoms with van der Waals surface area (Å²) in [5, 5.41) is 10.3.